The highest BCUT2D eigenvalue weighted by molar-refractivity contribution is 5.86. The number of ether oxygens (including phenoxy) is 1. The number of aromatic nitrogens is 6. The molecule has 1 aliphatic rings. The molecule has 0 saturated carbocycles. The van der Waals surface area contributed by atoms with Crippen LogP contribution in [0.2, 0.25) is 0 Å². The Kier molecular flexibility index (Phi) is 6.29. The Morgan fingerprint density at radius 3 is 2.83 bits per heavy atom. The quantitative estimate of drug-likeness (QED) is 0.375. The molecule has 0 bridgehead atoms. The lowest BCUT2D eigenvalue weighted by Crippen LogP contribution is -2.45. The van der Waals surface area contributed by atoms with Crippen LogP contribution in [0.4, 0.5) is 0 Å². The van der Waals surface area contributed by atoms with Gasteiger partial charge in [0.2, 0.25) is 5.95 Å². The molecule has 4 heterocycles. The number of H-pyrrole nitrogens is 1. The van der Waals surface area contributed by atoms with E-state index in [9.17, 15) is 9.59 Å². The SMILES string of the molecule is CN1CCN(CCOc2cccc(Cn3cnc4nc(-n5cc(C(=O)O)cn5)[nH]c(=O)c43)c2)CC1. The predicted molar refractivity (Wildman–Crippen MR) is 127 cm³/mol. The molecule has 1 fully saturated rings. The molecular weight excluding hydrogens is 452 g/mol. The number of benzene rings is 1. The fraction of sp³-hybridized carbons (Fsp3) is 0.348. The van der Waals surface area contributed by atoms with Gasteiger partial charge in [-0.25, -0.2) is 14.5 Å². The largest absolute Gasteiger partial charge is 0.492 e. The Bertz CT molecular complexity index is 1400. The zero-order valence-electron chi connectivity index (χ0n) is 19.3. The van der Waals surface area contributed by atoms with Crippen molar-refractivity contribution in [1.82, 2.24) is 39.1 Å². The third kappa shape index (κ3) is 5.08. The minimum atomic E-state index is -1.12. The Morgan fingerprint density at radius 2 is 2.06 bits per heavy atom. The van der Waals surface area contributed by atoms with Gasteiger partial charge in [0.25, 0.3) is 5.56 Å². The number of nitrogens with one attached hydrogen (secondary N) is 1. The number of fused-ring (bicyclic) bond motifs is 1. The summed E-state index contributed by atoms with van der Waals surface area (Å²) in [6.07, 6.45) is 4.02. The summed E-state index contributed by atoms with van der Waals surface area (Å²) in [5, 5.41) is 13.0. The van der Waals surface area contributed by atoms with Gasteiger partial charge < -0.3 is 19.3 Å². The number of carboxylic acids is 1. The Morgan fingerprint density at radius 1 is 1.23 bits per heavy atom. The smallest absolute Gasteiger partial charge is 0.338 e. The average Bonchev–Trinajstić information content (AvgIpc) is 3.49. The van der Waals surface area contributed by atoms with Crippen LogP contribution in [0, 0.1) is 0 Å². The topological polar surface area (TPSA) is 134 Å². The van der Waals surface area contributed by atoms with E-state index in [1.54, 1.807) is 10.9 Å². The molecule has 2 N–H and O–H groups in total. The molecule has 182 valence electrons. The van der Waals surface area contributed by atoms with Crippen LogP contribution in [-0.2, 0) is 6.54 Å². The molecule has 0 unspecified atom stereocenters. The van der Waals surface area contributed by atoms with Gasteiger partial charge in [0.05, 0.1) is 18.1 Å². The molecule has 1 aromatic carbocycles. The van der Waals surface area contributed by atoms with E-state index in [1.165, 1.54) is 17.1 Å². The first-order chi connectivity index (χ1) is 17.0. The summed E-state index contributed by atoms with van der Waals surface area (Å²) >= 11 is 0. The fourth-order valence-corrected chi connectivity index (χ4v) is 4.05. The molecule has 0 atom stereocenters. The number of hydrogen-bond acceptors (Lipinski definition) is 8. The van der Waals surface area contributed by atoms with Crippen LogP contribution < -0.4 is 10.3 Å². The number of carbonyl (C=O) groups is 1. The van der Waals surface area contributed by atoms with Crippen LogP contribution >= 0.6 is 0 Å². The predicted octanol–water partition coefficient (Wildman–Crippen LogP) is 0.678. The van der Waals surface area contributed by atoms with Gasteiger partial charge in [-0.15, -0.1) is 0 Å². The maximum Gasteiger partial charge on any atom is 0.338 e. The molecule has 0 aliphatic carbocycles. The van der Waals surface area contributed by atoms with Gasteiger partial charge in [0.1, 0.15) is 12.4 Å². The van der Waals surface area contributed by atoms with E-state index >= 15 is 0 Å². The van der Waals surface area contributed by atoms with Crippen molar-refractivity contribution < 1.29 is 14.6 Å². The number of aromatic amines is 1. The highest BCUT2D eigenvalue weighted by Crippen LogP contribution is 2.16. The standard InChI is InChI=1S/C23H26N8O4/c1-28-5-7-29(8-6-28)9-10-35-18-4-2-3-16(11-18)13-30-15-24-20-19(30)21(32)27-23(26-20)31-14-17(12-25-31)22(33)34/h2-4,11-12,14-15H,5-10,13H2,1H3,(H,33,34)(H,26,27,32). The third-order valence-corrected chi connectivity index (χ3v) is 6.04. The van der Waals surface area contributed by atoms with E-state index < -0.39 is 11.5 Å². The van der Waals surface area contributed by atoms with Crippen molar-refractivity contribution in [2.75, 3.05) is 46.4 Å². The fourth-order valence-electron chi connectivity index (χ4n) is 4.05. The Hall–Kier alpha value is -4.03. The van der Waals surface area contributed by atoms with E-state index in [1.807, 2.05) is 24.3 Å². The van der Waals surface area contributed by atoms with Gasteiger partial charge in [-0.05, 0) is 24.7 Å². The van der Waals surface area contributed by atoms with Gasteiger partial charge in [-0.3, -0.25) is 14.7 Å². The van der Waals surface area contributed by atoms with Crippen LogP contribution in [0.3, 0.4) is 0 Å². The van der Waals surface area contributed by atoms with Crippen molar-refractivity contribution in [3.8, 4) is 11.7 Å². The second kappa shape index (κ2) is 9.68. The van der Waals surface area contributed by atoms with E-state index in [0.29, 0.717) is 18.7 Å². The second-order valence-corrected chi connectivity index (χ2v) is 8.55. The summed E-state index contributed by atoms with van der Waals surface area (Å²) in [6.45, 7) is 6.19. The van der Waals surface area contributed by atoms with Gasteiger partial charge in [0, 0.05) is 45.5 Å². The molecule has 0 radical (unpaired) electrons. The summed E-state index contributed by atoms with van der Waals surface area (Å²) in [7, 11) is 2.14. The molecule has 0 spiro atoms. The van der Waals surface area contributed by atoms with Crippen LogP contribution in [0.5, 0.6) is 5.75 Å². The van der Waals surface area contributed by atoms with Crippen molar-refractivity contribution in [2.45, 2.75) is 6.54 Å². The number of carboxylic acid groups (broad SMARTS) is 1. The first kappa shape index (κ1) is 22.7. The number of hydrogen-bond donors (Lipinski definition) is 2. The number of aromatic carboxylic acids is 1. The average molecular weight is 479 g/mol. The maximum atomic E-state index is 12.8. The zero-order valence-corrected chi connectivity index (χ0v) is 19.3. The molecule has 5 rings (SSSR count). The minimum Gasteiger partial charge on any atom is -0.492 e. The number of rotatable bonds is 8. The molecule has 35 heavy (non-hydrogen) atoms. The normalized spacial score (nSPS) is 15.0. The van der Waals surface area contributed by atoms with E-state index in [0.717, 1.165) is 44.0 Å². The van der Waals surface area contributed by atoms with Crippen molar-refractivity contribution >= 4 is 17.1 Å². The highest BCUT2D eigenvalue weighted by atomic mass is 16.5. The van der Waals surface area contributed by atoms with Gasteiger partial charge in [-0.2, -0.15) is 10.1 Å². The molecule has 1 aliphatic heterocycles. The number of nitrogens with zero attached hydrogens (tertiary/aromatic N) is 7. The summed E-state index contributed by atoms with van der Waals surface area (Å²) in [4.78, 5) is 39.9. The molecule has 4 aromatic rings. The molecule has 0 amide bonds. The van der Waals surface area contributed by atoms with Crippen molar-refractivity contribution in [3.05, 3.63) is 64.5 Å². The maximum absolute atomic E-state index is 12.8. The van der Waals surface area contributed by atoms with Crippen LogP contribution in [-0.4, -0.2) is 96.6 Å². The van der Waals surface area contributed by atoms with E-state index in [2.05, 4.69) is 36.9 Å². The van der Waals surface area contributed by atoms with E-state index in [4.69, 9.17) is 9.84 Å². The molecule has 12 nitrogen and oxygen atoms in total. The Balaban J connectivity index is 1.28. The number of piperazine rings is 1. The third-order valence-electron chi connectivity index (χ3n) is 6.04. The first-order valence-corrected chi connectivity index (χ1v) is 11.3. The number of likely N-dealkylation sites (N-methyl/N-ethyl adjacent to an activating group) is 1. The number of imidazole rings is 1. The molecular formula is C23H26N8O4. The lowest BCUT2D eigenvalue weighted by Gasteiger charge is -2.32. The van der Waals surface area contributed by atoms with Crippen molar-refractivity contribution in [1.29, 1.82) is 0 Å². The lowest BCUT2D eigenvalue weighted by atomic mass is 10.2. The summed E-state index contributed by atoms with van der Waals surface area (Å²) in [6, 6.07) is 7.78. The summed E-state index contributed by atoms with van der Waals surface area (Å²) in [5.74, 6) is -0.242. The Labute approximate surface area is 200 Å². The lowest BCUT2D eigenvalue weighted by molar-refractivity contribution is 0.0697. The highest BCUT2D eigenvalue weighted by Gasteiger charge is 2.15. The van der Waals surface area contributed by atoms with Gasteiger partial charge in [-0.1, -0.05) is 12.1 Å². The van der Waals surface area contributed by atoms with Crippen LogP contribution in [0.15, 0.2) is 47.8 Å². The second-order valence-electron chi connectivity index (χ2n) is 8.55. The van der Waals surface area contributed by atoms with Gasteiger partial charge in [0.15, 0.2) is 11.2 Å². The molecule has 12 heteroatoms. The monoisotopic (exact) mass is 478 g/mol. The van der Waals surface area contributed by atoms with E-state index in [-0.39, 0.29) is 17.2 Å². The van der Waals surface area contributed by atoms with Crippen LogP contribution in [0.25, 0.3) is 17.1 Å². The first-order valence-electron chi connectivity index (χ1n) is 11.3. The zero-order chi connectivity index (χ0) is 24.4. The summed E-state index contributed by atoms with van der Waals surface area (Å²) in [5.41, 5.74) is 1.12. The van der Waals surface area contributed by atoms with Crippen LogP contribution in [0.1, 0.15) is 15.9 Å². The van der Waals surface area contributed by atoms with Crippen molar-refractivity contribution in [2.24, 2.45) is 0 Å². The molecule has 1 saturated heterocycles. The minimum absolute atomic E-state index is 0.0103. The molecule has 3 aromatic heterocycles. The summed E-state index contributed by atoms with van der Waals surface area (Å²) < 4.78 is 8.90. The van der Waals surface area contributed by atoms with Crippen molar-refractivity contribution in [3.63, 3.8) is 0 Å². The van der Waals surface area contributed by atoms with Gasteiger partial charge >= 0.3 is 5.97 Å².